The number of aromatic nitrogens is 1. The molecule has 0 atom stereocenters. The minimum atomic E-state index is -1.29. The summed E-state index contributed by atoms with van der Waals surface area (Å²) in [6, 6.07) is 1.14. The van der Waals surface area contributed by atoms with Gasteiger partial charge in [0.1, 0.15) is 5.56 Å². The smallest absolute Gasteiger partial charge is 0.338 e. The molecule has 0 radical (unpaired) electrons. The number of nitrogens with one attached hydrogen (secondary N) is 1. The Morgan fingerprint density at radius 2 is 2.29 bits per heavy atom. The Morgan fingerprint density at radius 1 is 1.59 bits per heavy atom. The maximum Gasteiger partial charge on any atom is 0.338 e. The first-order valence-electron chi connectivity index (χ1n) is 5.28. The summed E-state index contributed by atoms with van der Waals surface area (Å²) in [5.41, 5.74) is -0.366. The summed E-state index contributed by atoms with van der Waals surface area (Å²) in [7, 11) is 3.90. The van der Waals surface area contributed by atoms with Gasteiger partial charge in [-0.05, 0) is 33.1 Å². The molecule has 0 unspecified atom stereocenters. The van der Waals surface area contributed by atoms with Gasteiger partial charge in [-0.3, -0.25) is 0 Å². The number of carboxylic acid groups (broad SMARTS) is 1. The van der Waals surface area contributed by atoms with Crippen LogP contribution in [0.1, 0.15) is 16.8 Å². The van der Waals surface area contributed by atoms with Gasteiger partial charge in [0.25, 0.3) is 0 Å². The number of hydrogen-bond donors (Lipinski definition) is 2. The molecule has 0 saturated carbocycles. The molecule has 6 heteroatoms. The molecule has 0 aliphatic rings. The van der Waals surface area contributed by atoms with Gasteiger partial charge in [-0.25, -0.2) is 14.2 Å². The van der Waals surface area contributed by atoms with E-state index in [-0.39, 0.29) is 11.4 Å². The Hall–Kier alpha value is -1.69. The summed E-state index contributed by atoms with van der Waals surface area (Å²) in [6.07, 6.45) is 2.10. The minimum Gasteiger partial charge on any atom is -0.478 e. The molecular formula is C11H16FN3O2. The SMILES string of the molecule is CN(C)CCCNc1nccc(C(=O)O)c1F. The summed E-state index contributed by atoms with van der Waals surface area (Å²) in [5.74, 6) is -2.12. The van der Waals surface area contributed by atoms with Crippen molar-refractivity contribution in [2.45, 2.75) is 6.42 Å². The van der Waals surface area contributed by atoms with Crippen LogP contribution in [0.3, 0.4) is 0 Å². The molecule has 0 saturated heterocycles. The number of carboxylic acids is 1. The number of carbonyl (C=O) groups is 1. The van der Waals surface area contributed by atoms with Crippen molar-refractivity contribution >= 4 is 11.8 Å². The lowest BCUT2D eigenvalue weighted by Crippen LogP contribution is -2.17. The summed E-state index contributed by atoms with van der Waals surface area (Å²) in [6.45, 7) is 1.42. The molecule has 1 aromatic rings. The van der Waals surface area contributed by atoms with Crippen LogP contribution < -0.4 is 5.32 Å². The predicted octanol–water partition coefficient (Wildman–Crippen LogP) is 1.28. The van der Waals surface area contributed by atoms with Crippen molar-refractivity contribution in [3.8, 4) is 0 Å². The number of nitrogens with zero attached hydrogens (tertiary/aromatic N) is 2. The third-order valence-electron chi connectivity index (χ3n) is 2.19. The van der Waals surface area contributed by atoms with Gasteiger partial charge in [-0.15, -0.1) is 0 Å². The van der Waals surface area contributed by atoms with E-state index in [2.05, 4.69) is 10.3 Å². The average Bonchev–Trinajstić information content (AvgIpc) is 2.25. The van der Waals surface area contributed by atoms with E-state index in [1.165, 1.54) is 6.20 Å². The molecule has 0 aliphatic heterocycles. The van der Waals surface area contributed by atoms with E-state index in [4.69, 9.17) is 5.11 Å². The van der Waals surface area contributed by atoms with Crippen LogP contribution in [-0.2, 0) is 0 Å². The van der Waals surface area contributed by atoms with E-state index < -0.39 is 11.8 Å². The van der Waals surface area contributed by atoms with Crippen LogP contribution in [-0.4, -0.2) is 48.1 Å². The second-order valence-electron chi connectivity index (χ2n) is 3.91. The first kappa shape index (κ1) is 13.4. The Kier molecular flexibility index (Phi) is 4.84. The maximum absolute atomic E-state index is 13.6. The number of halogens is 1. The zero-order valence-corrected chi connectivity index (χ0v) is 9.90. The van der Waals surface area contributed by atoms with Crippen LogP contribution in [0.25, 0.3) is 0 Å². The molecule has 0 amide bonds. The molecule has 0 aromatic carbocycles. The summed E-state index contributed by atoms with van der Waals surface area (Å²) >= 11 is 0. The van der Waals surface area contributed by atoms with Gasteiger partial charge in [-0.1, -0.05) is 0 Å². The molecule has 1 heterocycles. The van der Waals surface area contributed by atoms with Crippen molar-refractivity contribution in [2.24, 2.45) is 0 Å². The fraction of sp³-hybridized carbons (Fsp3) is 0.455. The maximum atomic E-state index is 13.6. The van der Waals surface area contributed by atoms with Crippen LogP contribution in [0.15, 0.2) is 12.3 Å². The van der Waals surface area contributed by atoms with Crippen LogP contribution in [0.4, 0.5) is 10.2 Å². The van der Waals surface area contributed by atoms with Gasteiger partial charge in [0.2, 0.25) is 0 Å². The Bertz CT molecular complexity index is 396. The molecule has 1 aromatic heterocycles. The van der Waals surface area contributed by atoms with Crippen molar-refractivity contribution < 1.29 is 14.3 Å². The lowest BCUT2D eigenvalue weighted by atomic mass is 10.2. The fourth-order valence-electron chi connectivity index (χ4n) is 1.33. The Morgan fingerprint density at radius 3 is 2.88 bits per heavy atom. The minimum absolute atomic E-state index is 0.0105. The van der Waals surface area contributed by atoms with Crippen molar-refractivity contribution in [1.82, 2.24) is 9.88 Å². The van der Waals surface area contributed by atoms with Crippen LogP contribution in [0.5, 0.6) is 0 Å². The van der Waals surface area contributed by atoms with Crippen molar-refractivity contribution in [3.63, 3.8) is 0 Å². The number of pyridine rings is 1. The second-order valence-corrected chi connectivity index (χ2v) is 3.91. The number of aromatic carboxylic acids is 1. The summed E-state index contributed by atoms with van der Waals surface area (Å²) in [4.78, 5) is 16.5. The predicted molar refractivity (Wildman–Crippen MR) is 62.8 cm³/mol. The zero-order valence-electron chi connectivity index (χ0n) is 9.90. The quantitative estimate of drug-likeness (QED) is 0.734. The molecule has 0 aliphatic carbocycles. The standard InChI is InChI=1S/C11H16FN3O2/c1-15(2)7-3-5-13-10-9(12)8(11(16)17)4-6-14-10/h4,6H,3,5,7H2,1-2H3,(H,13,14)(H,16,17). The number of anilines is 1. The molecule has 17 heavy (non-hydrogen) atoms. The van der Waals surface area contributed by atoms with Crippen molar-refractivity contribution in [1.29, 1.82) is 0 Å². The molecule has 94 valence electrons. The van der Waals surface area contributed by atoms with Gasteiger partial charge in [0.15, 0.2) is 11.6 Å². The van der Waals surface area contributed by atoms with E-state index in [1.54, 1.807) is 0 Å². The van der Waals surface area contributed by atoms with E-state index in [1.807, 2.05) is 19.0 Å². The molecular weight excluding hydrogens is 225 g/mol. The molecule has 1 rings (SSSR count). The highest BCUT2D eigenvalue weighted by molar-refractivity contribution is 5.88. The molecule has 0 bridgehead atoms. The zero-order chi connectivity index (χ0) is 12.8. The molecule has 5 nitrogen and oxygen atoms in total. The van der Waals surface area contributed by atoms with Gasteiger partial charge in [0.05, 0.1) is 0 Å². The Balaban J connectivity index is 2.59. The number of hydrogen-bond acceptors (Lipinski definition) is 4. The molecule has 2 N–H and O–H groups in total. The highest BCUT2D eigenvalue weighted by Gasteiger charge is 2.14. The number of rotatable bonds is 6. The van der Waals surface area contributed by atoms with Crippen molar-refractivity contribution in [2.75, 3.05) is 32.5 Å². The van der Waals surface area contributed by atoms with Gasteiger partial charge in [0, 0.05) is 12.7 Å². The summed E-state index contributed by atoms with van der Waals surface area (Å²) < 4.78 is 13.6. The van der Waals surface area contributed by atoms with Gasteiger partial charge >= 0.3 is 5.97 Å². The average molecular weight is 241 g/mol. The monoisotopic (exact) mass is 241 g/mol. The van der Waals surface area contributed by atoms with Crippen LogP contribution in [0.2, 0.25) is 0 Å². The highest BCUT2D eigenvalue weighted by Crippen LogP contribution is 2.14. The van der Waals surface area contributed by atoms with E-state index in [9.17, 15) is 9.18 Å². The first-order valence-corrected chi connectivity index (χ1v) is 5.28. The largest absolute Gasteiger partial charge is 0.478 e. The Labute approximate surface area is 99.3 Å². The van der Waals surface area contributed by atoms with Crippen LogP contribution >= 0.6 is 0 Å². The lowest BCUT2D eigenvalue weighted by Gasteiger charge is -2.11. The normalized spacial score (nSPS) is 10.6. The van der Waals surface area contributed by atoms with Gasteiger partial charge < -0.3 is 15.3 Å². The summed E-state index contributed by atoms with van der Waals surface area (Å²) in [5, 5.41) is 11.5. The van der Waals surface area contributed by atoms with Gasteiger partial charge in [-0.2, -0.15) is 0 Å². The van der Waals surface area contributed by atoms with Crippen molar-refractivity contribution in [3.05, 3.63) is 23.6 Å². The van der Waals surface area contributed by atoms with E-state index in [0.29, 0.717) is 6.54 Å². The van der Waals surface area contributed by atoms with E-state index >= 15 is 0 Å². The third kappa shape index (κ3) is 3.99. The third-order valence-corrected chi connectivity index (χ3v) is 2.19. The molecule has 0 spiro atoms. The molecule has 0 fully saturated rings. The fourth-order valence-corrected chi connectivity index (χ4v) is 1.33. The first-order chi connectivity index (χ1) is 8.02. The topological polar surface area (TPSA) is 65.5 Å². The highest BCUT2D eigenvalue weighted by atomic mass is 19.1. The lowest BCUT2D eigenvalue weighted by molar-refractivity contribution is 0.0692. The van der Waals surface area contributed by atoms with Crippen LogP contribution in [0, 0.1) is 5.82 Å². The second kappa shape index (κ2) is 6.15. The van der Waals surface area contributed by atoms with E-state index in [0.717, 1.165) is 19.0 Å².